The summed E-state index contributed by atoms with van der Waals surface area (Å²) in [6.45, 7) is 10.3. The molecule has 0 heterocycles. The molecule has 0 aromatic rings. The molecule has 0 saturated carbocycles. The van der Waals surface area contributed by atoms with Crippen LogP contribution >= 0.6 is 0 Å². The molecule has 1 atom stereocenters. The van der Waals surface area contributed by atoms with Gasteiger partial charge in [0.05, 0.1) is 0 Å². The number of rotatable bonds is 7. The highest BCUT2D eigenvalue weighted by atomic mass is 16.2. The molecule has 0 saturated heterocycles. The van der Waals surface area contributed by atoms with Crippen LogP contribution < -0.4 is 10.6 Å². The number of carbonyl (C=O) groups is 2. The third-order valence-corrected chi connectivity index (χ3v) is 2.57. The van der Waals surface area contributed by atoms with Crippen LogP contribution in [-0.2, 0) is 9.59 Å². The number of hydrogen-bond donors (Lipinski definition) is 2. The standard InChI is InChI=1S/C13H26N2O2/c1-9(2)7-6-8-14-13(17)12(10(3)4)15-11(5)16/h9-10,12H,6-8H2,1-5H3,(H,14,17)(H,15,16). The summed E-state index contributed by atoms with van der Waals surface area (Å²) >= 11 is 0. The van der Waals surface area contributed by atoms with E-state index in [-0.39, 0.29) is 17.7 Å². The van der Waals surface area contributed by atoms with Gasteiger partial charge in [0.25, 0.3) is 0 Å². The van der Waals surface area contributed by atoms with E-state index < -0.39 is 6.04 Å². The van der Waals surface area contributed by atoms with Crippen LogP contribution in [0.4, 0.5) is 0 Å². The number of carbonyl (C=O) groups excluding carboxylic acids is 2. The van der Waals surface area contributed by atoms with Crippen molar-refractivity contribution in [3.63, 3.8) is 0 Å². The lowest BCUT2D eigenvalue weighted by Gasteiger charge is -2.21. The van der Waals surface area contributed by atoms with Crippen molar-refractivity contribution in [2.24, 2.45) is 11.8 Å². The molecule has 4 nitrogen and oxygen atoms in total. The summed E-state index contributed by atoms with van der Waals surface area (Å²) in [7, 11) is 0. The van der Waals surface area contributed by atoms with E-state index in [4.69, 9.17) is 0 Å². The molecule has 4 heteroatoms. The smallest absolute Gasteiger partial charge is 0.242 e. The van der Waals surface area contributed by atoms with E-state index >= 15 is 0 Å². The first kappa shape index (κ1) is 15.9. The molecule has 17 heavy (non-hydrogen) atoms. The molecule has 100 valence electrons. The van der Waals surface area contributed by atoms with Gasteiger partial charge in [0.2, 0.25) is 11.8 Å². The van der Waals surface area contributed by atoms with Crippen LogP contribution in [0.5, 0.6) is 0 Å². The van der Waals surface area contributed by atoms with Crippen molar-refractivity contribution in [1.82, 2.24) is 10.6 Å². The second-order valence-corrected chi connectivity index (χ2v) is 5.25. The second kappa shape index (κ2) is 8.09. The van der Waals surface area contributed by atoms with Gasteiger partial charge in [-0.3, -0.25) is 9.59 Å². The molecule has 0 aromatic heterocycles. The van der Waals surface area contributed by atoms with Gasteiger partial charge in [-0.05, 0) is 24.7 Å². The zero-order valence-electron chi connectivity index (χ0n) is 11.7. The lowest BCUT2D eigenvalue weighted by molar-refractivity contribution is -0.129. The third kappa shape index (κ3) is 7.77. The molecule has 2 N–H and O–H groups in total. The van der Waals surface area contributed by atoms with E-state index in [0.717, 1.165) is 12.8 Å². The molecule has 0 aliphatic heterocycles. The zero-order chi connectivity index (χ0) is 13.4. The Morgan fingerprint density at radius 2 is 1.71 bits per heavy atom. The van der Waals surface area contributed by atoms with E-state index in [1.165, 1.54) is 6.92 Å². The summed E-state index contributed by atoms with van der Waals surface area (Å²) in [5.74, 6) is 0.507. The summed E-state index contributed by atoms with van der Waals surface area (Å²) in [6.07, 6.45) is 2.08. The third-order valence-electron chi connectivity index (χ3n) is 2.57. The SMILES string of the molecule is CC(=O)NC(C(=O)NCCCC(C)C)C(C)C. The molecular weight excluding hydrogens is 216 g/mol. The molecular formula is C13H26N2O2. The highest BCUT2D eigenvalue weighted by Gasteiger charge is 2.22. The molecule has 0 radical (unpaired) electrons. The van der Waals surface area contributed by atoms with Gasteiger partial charge >= 0.3 is 0 Å². The Kier molecular flexibility index (Phi) is 7.59. The van der Waals surface area contributed by atoms with Crippen molar-refractivity contribution < 1.29 is 9.59 Å². The molecule has 0 aliphatic carbocycles. The molecule has 0 rings (SSSR count). The molecule has 0 aliphatic rings. The fourth-order valence-electron chi connectivity index (χ4n) is 1.59. The minimum absolute atomic E-state index is 0.0843. The van der Waals surface area contributed by atoms with Crippen LogP contribution in [0.25, 0.3) is 0 Å². The molecule has 0 spiro atoms. The Hall–Kier alpha value is -1.06. The van der Waals surface area contributed by atoms with Gasteiger partial charge in [-0.25, -0.2) is 0 Å². The first-order chi connectivity index (χ1) is 7.84. The van der Waals surface area contributed by atoms with Gasteiger partial charge in [-0.15, -0.1) is 0 Å². The van der Waals surface area contributed by atoms with Crippen molar-refractivity contribution in [1.29, 1.82) is 0 Å². The van der Waals surface area contributed by atoms with Crippen LogP contribution in [-0.4, -0.2) is 24.4 Å². The van der Waals surface area contributed by atoms with Crippen LogP contribution in [0.1, 0.15) is 47.5 Å². The minimum atomic E-state index is -0.424. The van der Waals surface area contributed by atoms with E-state index in [1.807, 2.05) is 13.8 Å². The molecule has 0 fully saturated rings. The Morgan fingerprint density at radius 3 is 2.12 bits per heavy atom. The van der Waals surface area contributed by atoms with E-state index in [0.29, 0.717) is 12.5 Å². The van der Waals surface area contributed by atoms with Crippen molar-refractivity contribution >= 4 is 11.8 Å². The lowest BCUT2D eigenvalue weighted by atomic mass is 10.0. The Labute approximate surface area is 105 Å². The summed E-state index contributed by atoms with van der Waals surface area (Å²) < 4.78 is 0. The maximum atomic E-state index is 11.8. The monoisotopic (exact) mass is 242 g/mol. The number of amides is 2. The summed E-state index contributed by atoms with van der Waals surface area (Å²) in [6, 6.07) is -0.424. The van der Waals surface area contributed by atoms with Crippen molar-refractivity contribution in [3.8, 4) is 0 Å². The Morgan fingerprint density at radius 1 is 1.12 bits per heavy atom. The average molecular weight is 242 g/mol. The van der Waals surface area contributed by atoms with Crippen molar-refractivity contribution in [3.05, 3.63) is 0 Å². The fraction of sp³-hybridized carbons (Fsp3) is 0.846. The normalized spacial score (nSPS) is 12.6. The second-order valence-electron chi connectivity index (χ2n) is 5.25. The summed E-state index contributed by atoms with van der Waals surface area (Å²) in [4.78, 5) is 22.8. The van der Waals surface area contributed by atoms with E-state index in [2.05, 4.69) is 24.5 Å². The van der Waals surface area contributed by atoms with Crippen molar-refractivity contribution in [2.45, 2.75) is 53.5 Å². The van der Waals surface area contributed by atoms with Crippen LogP contribution in [0.2, 0.25) is 0 Å². The molecule has 1 unspecified atom stereocenters. The minimum Gasteiger partial charge on any atom is -0.354 e. The average Bonchev–Trinajstić information content (AvgIpc) is 2.19. The molecule has 2 amide bonds. The highest BCUT2D eigenvalue weighted by Crippen LogP contribution is 2.04. The Bertz CT molecular complexity index is 250. The van der Waals surface area contributed by atoms with Gasteiger partial charge < -0.3 is 10.6 Å². The number of hydrogen-bond acceptors (Lipinski definition) is 2. The van der Waals surface area contributed by atoms with E-state index in [1.54, 1.807) is 0 Å². The van der Waals surface area contributed by atoms with Gasteiger partial charge in [0.15, 0.2) is 0 Å². The fourth-order valence-corrected chi connectivity index (χ4v) is 1.59. The Balaban J connectivity index is 4.02. The molecule has 0 aromatic carbocycles. The van der Waals surface area contributed by atoms with Crippen LogP contribution in [0.15, 0.2) is 0 Å². The largest absolute Gasteiger partial charge is 0.354 e. The topological polar surface area (TPSA) is 58.2 Å². The summed E-state index contributed by atoms with van der Waals surface area (Å²) in [5.41, 5.74) is 0. The van der Waals surface area contributed by atoms with E-state index in [9.17, 15) is 9.59 Å². The van der Waals surface area contributed by atoms with Crippen LogP contribution in [0.3, 0.4) is 0 Å². The number of nitrogens with one attached hydrogen (secondary N) is 2. The highest BCUT2D eigenvalue weighted by molar-refractivity contribution is 5.86. The summed E-state index contributed by atoms with van der Waals surface area (Å²) in [5, 5.41) is 5.55. The quantitative estimate of drug-likeness (QED) is 0.668. The van der Waals surface area contributed by atoms with Gasteiger partial charge in [0.1, 0.15) is 6.04 Å². The predicted molar refractivity (Wildman–Crippen MR) is 69.5 cm³/mol. The lowest BCUT2D eigenvalue weighted by Crippen LogP contribution is -2.49. The van der Waals surface area contributed by atoms with Gasteiger partial charge in [-0.2, -0.15) is 0 Å². The molecule has 0 bridgehead atoms. The maximum absolute atomic E-state index is 11.8. The maximum Gasteiger partial charge on any atom is 0.242 e. The zero-order valence-corrected chi connectivity index (χ0v) is 11.7. The van der Waals surface area contributed by atoms with Crippen molar-refractivity contribution in [2.75, 3.05) is 6.54 Å². The first-order valence-electron chi connectivity index (χ1n) is 6.39. The van der Waals surface area contributed by atoms with Gasteiger partial charge in [-0.1, -0.05) is 27.7 Å². The first-order valence-corrected chi connectivity index (χ1v) is 6.39. The predicted octanol–water partition coefficient (Wildman–Crippen LogP) is 1.70. The van der Waals surface area contributed by atoms with Crippen LogP contribution in [0, 0.1) is 11.8 Å². The van der Waals surface area contributed by atoms with Gasteiger partial charge in [0, 0.05) is 13.5 Å².